The van der Waals surface area contributed by atoms with Crippen LogP contribution in [0.15, 0.2) is 61.3 Å². The molecule has 118 valence electrons. The van der Waals surface area contributed by atoms with Gasteiger partial charge in [0.25, 0.3) is 0 Å². The SMILES string of the molecule is Cc1cc(-n2ccnc2)ccc1CN(C)[C@H](C)c1ccccn1. The fourth-order valence-electron chi connectivity index (χ4n) is 2.68. The van der Waals surface area contributed by atoms with Gasteiger partial charge in [0.05, 0.1) is 12.0 Å². The standard InChI is InChI=1S/C19H22N4/c1-15-12-18(23-11-10-20-14-23)8-7-17(15)13-22(3)16(2)19-6-4-5-9-21-19/h4-12,14,16H,13H2,1-3H3/t16-/m1/s1. The zero-order chi connectivity index (χ0) is 16.2. The van der Waals surface area contributed by atoms with Crippen LogP contribution in [0.1, 0.15) is 29.8 Å². The summed E-state index contributed by atoms with van der Waals surface area (Å²) in [6.45, 7) is 5.25. The molecular formula is C19H22N4. The zero-order valence-electron chi connectivity index (χ0n) is 13.8. The lowest BCUT2D eigenvalue weighted by Crippen LogP contribution is -2.23. The van der Waals surface area contributed by atoms with E-state index in [0.717, 1.165) is 17.9 Å². The van der Waals surface area contributed by atoms with Gasteiger partial charge in [0, 0.05) is 36.9 Å². The van der Waals surface area contributed by atoms with E-state index in [9.17, 15) is 0 Å². The van der Waals surface area contributed by atoms with Crippen LogP contribution in [0, 0.1) is 6.92 Å². The van der Waals surface area contributed by atoms with E-state index in [1.54, 1.807) is 6.20 Å². The molecule has 2 aromatic heterocycles. The number of rotatable bonds is 5. The third kappa shape index (κ3) is 3.48. The Hall–Kier alpha value is -2.46. The maximum Gasteiger partial charge on any atom is 0.0991 e. The summed E-state index contributed by atoms with van der Waals surface area (Å²) in [5.41, 5.74) is 4.86. The lowest BCUT2D eigenvalue weighted by Gasteiger charge is -2.25. The highest BCUT2D eigenvalue weighted by Gasteiger charge is 2.14. The zero-order valence-corrected chi connectivity index (χ0v) is 13.8. The lowest BCUT2D eigenvalue weighted by atomic mass is 10.1. The summed E-state index contributed by atoms with van der Waals surface area (Å²) in [5.74, 6) is 0. The quantitative estimate of drug-likeness (QED) is 0.719. The second-order valence-corrected chi connectivity index (χ2v) is 5.93. The summed E-state index contributed by atoms with van der Waals surface area (Å²) in [6, 6.07) is 12.9. The number of hydrogen-bond acceptors (Lipinski definition) is 3. The molecule has 3 aromatic rings. The van der Waals surface area contributed by atoms with Gasteiger partial charge in [-0.25, -0.2) is 4.98 Å². The molecule has 0 saturated carbocycles. The third-order valence-electron chi connectivity index (χ3n) is 4.33. The van der Waals surface area contributed by atoms with Gasteiger partial charge in [0.2, 0.25) is 0 Å². The molecule has 23 heavy (non-hydrogen) atoms. The van der Waals surface area contributed by atoms with Gasteiger partial charge in [-0.15, -0.1) is 0 Å². The van der Waals surface area contributed by atoms with Crippen LogP contribution in [0.4, 0.5) is 0 Å². The Morgan fingerprint density at radius 2 is 2.04 bits per heavy atom. The molecule has 0 N–H and O–H groups in total. The normalized spacial score (nSPS) is 12.5. The number of benzene rings is 1. The van der Waals surface area contributed by atoms with Crippen molar-refractivity contribution in [1.82, 2.24) is 19.4 Å². The maximum absolute atomic E-state index is 4.46. The summed E-state index contributed by atoms with van der Waals surface area (Å²) in [7, 11) is 2.14. The highest BCUT2D eigenvalue weighted by molar-refractivity contribution is 5.40. The smallest absolute Gasteiger partial charge is 0.0991 e. The summed E-state index contributed by atoms with van der Waals surface area (Å²) in [4.78, 5) is 10.9. The van der Waals surface area contributed by atoms with E-state index in [1.807, 2.05) is 35.4 Å². The van der Waals surface area contributed by atoms with Gasteiger partial charge >= 0.3 is 0 Å². The molecule has 0 unspecified atom stereocenters. The van der Waals surface area contributed by atoms with Crippen molar-refractivity contribution in [3.63, 3.8) is 0 Å². The molecule has 2 heterocycles. The van der Waals surface area contributed by atoms with Crippen LogP contribution in [0.3, 0.4) is 0 Å². The summed E-state index contributed by atoms with van der Waals surface area (Å²) in [6.07, 6.45) is 7.43. The molecule has 0 fully saturated rings. The molecule has 0 aliphatic carbocycles. The topological polar surface area (TPSA) is 34.0 Å². The first kappa shape index (κ1) is 15.4. The molecule has 0 bridgehead atoms. The van der Waals surface area contributed by atoms with Crippen molar-refractivity contribution in [2.75, 3.05) is 7.05 Å². The Labute approximate surface area is 137 Å². The van der Waals surface area contributed by atoms with Crippen molar-refractivity contribution in [1.29, 1.82) is 0 Å². The van der Waals surface area contributed by atoms with Gasteiger partial charge in [-0.05, 0) is 56.3 Å². The van der Waals surface area contributed by atoms with Gasteiger partial charge < -0.3 is 4.57 Å². The van der Waals surface area contributed by atoms with E-state index in [2.05, 4.69) is 60.0 Å². The van der Waals surface area contributed by atoms with E-state index >= 15 is 0 Å². The average Bonchev–Trinajstić information content (AvgIpc) is 3.11. The molecular weight excluding hydrogens is 284 g/mol. The molecule has 1 atom stereocenters. The molecule has 0 radical (unpaired) electrons. The van der Waals surface area contributed by atoms with Crippen molar-refractivity contribution in [3.8, 4) is 5.69 Å². The summed E-state index contributed by atoms with van der Waals surface area (Å²) < 4.78 is 2.02. The fourth-order valence-corrected chi connectivity index (χ4v) is 2.68. The molecule has 1 aromatic carbocycles. The summed E-state index contributed by atoms with van der Waals surface area (Å²) >= 11 is 0. The van der Waals surface area contributed by atoms with Crippen LogP contribution in [0.25, 0.3) is 5.69 Å². The Morgan fingerprint density at radius 3 is 2.70 bits per heavy atom. The number of imidazole rings is 1. The van der Waals surface area contributed by atoms with Crippen LogP contribution < -0.4 is 0 Å². The summed E-state index contributed by atoms with van der Waals surface area (Å²) in [5, 5.41) is 0. The Balaban J connectivity index is 1.75. The van der Waals surface area contributed by atoms with Crippen LogP contribution in [0.5, 0.6) is 0 Å². The van der Waals surface area contributed by atoms with Crippen LogP contribution in [0.2, 0.25) is 0 Å². The number of aromatic nitrogens is 3. The van der Waals surface area contributed by atoms with Gasteiger partial charge in [-0.3, -0.25) is 9.88 Å². The van der Waals surface area contributed by atoms with Crippen molar-refractivity contribution in [2.24, 2.45) is 0 Å². The molecule has 0 aliphatic heterocycles. The number of hydrogen-bond donors (Lipinski definition) is 0. The first-order valence-electron chi connectivity index (χ1n) is 7.84. The van der Waals surface area contributed by atoms with Crippen molar-refractivity contribution in [3.05, 3.63) is 78.1 Å². The first-order chi connectivity index (χ1) is 11.1. The van der Waals surface area contributed by atoms with Gasteiger partial charge in [0.15, 0.2) is 0 Å². The molecule has 0 aliphatic rings. The first-order valence-corrected chi connectivity index (χ1v) is 7.84. The molecule has 3 rings (SSSR count). The molecule has 4 nitrogen and oxygen atoms in total. The number of pyridine rings is 1. The highest BCUT2D eigenvalue weighted by Crippen LogP contribution is 2.21. The van der Waals surface area contributed by atoms with E-state index in [-0.39, 0.29) is 6.04 Å². The average molecular weight is 306 g/mol. The largest absolute Gasteiger partial charge is 0.306 e. The minimum absolute atomic E-state index is 0.281. The minimum Gasteiger partial charge on any atom is -0.306 e. The van der Waals surface area contributed by atoms with Crippen molar-refractivity contribution >= 4 is 0 Å². The lowest BCUT2D eigenvalue weighted by molar-refractivity contribution is 0.248. The van der Waals surface area contributed by atoms with E-state index < -0.39 is 0 Å². The van der Waals surface area contributed by atoms with Gasteiger partial charge in [-0.2, -0.15) is 0 Å². The number of nitrogens with zero attached hydrogens (tertiary/aromatic N) is 4. The van der Waals surface area contributed by atoms with Crippen LogP contribution in [-0.4, -0.2) is 26.5 Å². The Morgan fingerprint density at radius 1 is 1.17 bits per heavy atom. The predicted octanol–water partition coefficient (Wildman–Crippen LogP) is 3.77. The maximum atomic E-state index is 4.46. The monoisotopic (exact) mass is 306 g/mol. The third-order valence-corrected chi connectivity index (χ3v) is 4.33. The van der Waals surface area contributed by atoms with Crippen molar-refractivity contribution < 1.29 is 0 Å². The Bertz CT molecular complexity index is 750. The second-order valence-electron chi connectivity index (χ2n) is 5.93. The molecule has 4 heteroatoms. The van der Waals surface area contributed by atoms with Gasteiger partial charge in [0.1, 0.15) is 0 Å². The van der Waals surface area contributed by atoms with E-state index in [0.29, 0.717) is 0 Å². The van der Waals surface area contributed by atoms with E-state index in [4.69, 9.17) is 0 Å². The molecule has 0 spiro atoms. The molecule has 0 saturated heterocycles. The highest BCUT2D eigenvalue weighted by atomic mass is 15.1. The Kier molecular flexibility index (Phi) is 4.53. The second kappa shape index (κ2) is 6.75. The van der Waals surface area contributed by atoms with Gasteiger partial charge in [-0.1, -0.05) is 12.1 Å². The fraction of sp³-hybridized carbons (Fsp3) is 0.263. The number of aryl methyl sites for hydroxylation is 1. The van der Waals surface area contributed by atoms with Crippen LogP contribution >= 0.6 is 0 Å². The van der Waals surface area contributed by atoms with Crippen LogP contribution in [-0.2, 0) is 6.54 Å². The van der Waals surface area contributed by atoms with Crippen molar-refractivity contribution in [2.45, 2.75) is 26.4 Å². The molecule has 0 amide bonds. The minimum atomic E-state index is 0.281. The predicted molar refractivity (Wildman–Crippen MR) is 92.4 cm³/mol. The van der Waals surface area contributed by atoms with E-state index in [1.165, 1.54) is 11.1 Å².